The molecular formula is C18H26N2O4S. The van der Waals surface area contributed by atoms with E-state index in [1.54, 1.807) is 6.92 Å². The van der Waals surface area contributed by atoms with Gasteiger partial charge in [0.2, 0.25) is 11.8 Å². The summed E-state index contributed by atoms with van der Waals surface area (Å²) < 4.78 is 0. The van der Waals surface area contributed by atoms with Crippen LogP contribution in [0, 0.1) is 12.8 Å². The first-order valence-electron chi connectivity index (χ1n) is 8.09. The number of hydrogen-bond acceptors (Lipinski definition) is 4. The average molecular weight is 366 g/mol. The maximum atomic E-state index is 12.1. The number of thioether (sulfide) groups is 1. The summed E-state index contributed by atoms with van der Waals surface area (Å²) in [5, 5.41) is 14.6. The van der Waals surface area contributed by atoms with Gasteiger partial charge in [0.05, 0.1) is 17.9 Å². The summed E-state index contributed by atoms with van der Waals surface area (Å²) in [6, 6.07) is 7.46. The number of carboxylic acid groups (broad SMARTS) is 1. The zero-order chi connectivity index (χ0) is 19.0. The molecule has 1 aromatic carbocycles. The number of amides is 2. The quantitative estimate of drug-likeness (QED) is 0.624. The monoisotopic (exact) mass is 366 g/mol. The highest BCUT2D eigenvalue weighted by Crippen LogP contribution is 2.21. The van der Waals surface area contributed by atoms with Crippen LogP contribution in [0.3, 0.4) is 0 Å². The van der Waals surface area contributed by atoms with Crippen LogP contribution in [-0.2, 0) is 14.4 Å². The Balaban J connectivity index is 2.41. The Hall–Kier alpha value is -2.02. The number of aryl methyl sites for hydroxylation is 1. The first-order chi connectivity index (χ1) is 11.6. The van der Waals surface area contributed by atoms with Gasteiger partial charge in [0, 0.05) is 11.2 Å². The van der Waals surface area contributed by atoms with E-state index in [0.717, 1.165) is 11.3 Å². The third kappa shape index (κ3) is 7.60. The largest absolute Gasteiger partial charge is 0.481 e. The van der Waals surface area contributed by atoms with Gasteiger partial charge in [-0.2, -0.15) is 0 Å². The summed E-state index contributed by atoms with van der Waals surface area (Å²) in [4.78, 5) is 34.9. The van der Waals surface area contributed by atoms with Crippen molar-refractivity contribution < 1.29 is 19.5 Å². The Bertz CT molecular complexity index is 616. The lowest BCUT2D eigenvalue weighted by molar-refractivity contribution is -0.139. The highest BCUT2D eigenvalue weighted by atomic mass is 32.2. The lowest BCUT2D eigenvalue weighted by Gasteiger charge is -2.33. The van der Waals surface area contributed by atoms with E-state index in [9.17, 15) is 14.4 Å². The molecule has 25 heavy (non-hydrogen) atoms. The minimum Gasteiger partial charge on any atom is -0.481 e. The van der Waals surface area contributed by atoms with Gasteiger partial charge in [-0.05, 0) is 31.9 Å². The fourth-order valence-electron chi connectivity index (χ4n) is 2.13. The van der Waals surface area contributed by atoms with E-state index in [-0.39, 0.29) is 35.7 Å². The number of hydrogen-bond donors (Lipinski definition) is 3. The molecule has 7 heteroatoms. The predicted octanol–water partition coefficient (Wildman–Crippen LogP) is 2.67. The first-order valence-corrected chi connectivity index (χ1v) is 9.25. The van der Waals surface area contributed by atoms with Crippen molar-refractivity contribution in [3.63, 3.8) is 0 Å². The molecule has 0 fully saturated rings. The molecule has 0 saturated carbocycles. The van der Waals surface area contributed by atoms with Crippen LogP contribution in [-0.4, -0.2) is 39.9 Å². The van der Waals surface area contributed by atoms with Crippen LogP contribution in [0.5, 0.6) is 0 Å². The van der Waals surface area contributed by atoms with Crippen LogP contribution < -0.4 is 10.6 Å². The molecule has 0 aromatic heterocycles. The maximum absolute atomic E-state index is 12.1. The van der Waals surface area contributed by atoms with Gasteiger partial charge < -0.3 is 15.7 Å². The van der Waals surface area contributed by atoms with Gasteiger partial charge in [0.25, 0.3) is 0 Å². The molecule has 1 atom stereocenters. The van der Waals surface area contributed by atoms with E-state index in [1.165, 1.54) is 11.8 Å². The van der Waals surface area contributed by atoms with Crippen molar-refractivity contribution in [1.82, 2.24) is 5.32 Å². The first kappa shape index (κ1) is 21.0. The standard InChI is InChI=1S/C18H26N2O4S/c1-12(2)18(4,9-17(23)24)20-16(22)11-25-10-15(21)19-14-7-5-13(3)6-8-14/h5-8,12H,9-11H2,1-4H3,(H,19,21)(H,20,22)(H,23,24). The van der Waals surface area contributed by atoms with Crippen molar-refractivity contribution in [2.24, 2.45) is 5.92 Å². The van der Waals surface area contributed by atoms with E-state index >= 15 is 0 Å². The SMILES string of the molecule is Cc1ccc(NC(=O)CSCC(=O)NC(C)(CC(=O)O)C(C)C)cc1. The fourth-order valence-corrected chi connectivity index (χ4v) is 2.75. The smallest absolute Gasteiger partial charge is 0.305 e. The van der Waals surface area contributed by atoms with E-state index in [0.29, 0.717) is 0 Å². The Morgan fingerprint density at radius 1 is 1.12 bits per heavy atom. The van der Waals surface area contributed by atoms with Gasteiger partial charge in [0.15, 0.2) is 0 Å². The molecule has 0 aliphatic carbocycles. The molecule has 3 N–H and O–H groups in total. The average Bonchev–Trinajstić information content (AvgIpc) is 2.48. The summed E-state index contributed by atoms with van der Waals surface area (Å²) >= 11 is 1.19. The Morgan fingerprint density at radius 3 is 2.20 bits per heavy atom. The number of benzene rings is 1. The maximum Gasteiger partial charge on any atom is 0.305 e. The second-order valence-corrected chi connectivity index (χ2v) is 7.58. The Labute approximate surface area is 152 Å². The molecule has 0 radical (unpaired) electrons. The van der Waals surface area contributed by atoms with Crippen LogP contribution in [0.1, 0.15) is 32.8 Å². The van der Waals surface area contributed by atoms with E-state index in [2.05, 4.69) is 10.6 Å². The lowest BCUT2D eigenvalue weighted by atomic mass is 9.85. The van der Waals surface area contributed by atoms with Gasteiger partial charge in [-0.25, -0.2) is 0 Å². The van der Waals surface area contributed by atoms with Gasteiger partial charge >= 0.3 is 5.97 Å². The minimum atomic E-state index is -0.957. The normalized spacial score (nSPS) is 13.2. The number of anilines is 1. The second-order valence-electron chi connectivity index (χ2n) is 6.60. The Morgan fingerprint density at radius 2 is 1.68 bits per heavy atom. The third-order valence-corrected chi connectivity index (χ3v) is 4.95. The van der Waals surface area contributed by atoms with E-state index in [1.807, 2.05) is 45.0 Å². The van der Waals surface area contributed by atoms with E-state index in [4.69, 9.17) is 5.11 Å². The van der Waals surface area contributed by atoms with Gasteiger partial charge in [-0.3, -0.25) is 14.4 Å². The number of aliphatic carboxylic acids is 1. The van der Waals surface area contributed by atoms with Crippen molar-refractivity contribution in [2.45, 2.75) is 39.7 Å². The molecule has 0 bridgehead atoms. The van der Waals surface area contributed by atoms with E-state index < -0.39 is 11.5 Å². The van der Waals surface area contributed by atoms with Crippen molar-refractivity contribution in [3.8, 4) is 0 Å². The summed E-state index contributed by atoms with van der Waals surface area (Å²) in [5.74, 6) is -1.18. The highest BCUT2D eigenvalue weighted by molar-refractivity contribution is 8.00. The van der Waals surface area contributed by atoms with Crippen LogP contribution in [0.25, 0.3) is 0 Å². The van der Waals surface area contributed by atoms with Crippen LogP contribution in [0.4, 0.5) is 5.69 Å². The molecule has 1 aromatic rings. The van der Waals surface area contributed by atoms with Crippen molar-refractivity contribution in [2.75, 3.05) is 16.8 Å². The summed E-state index contributed by atoms with van der Waals surface area (Å²) in [5.41, 5.74) is 1.02. The third-order valence-electron chi connectivity index (χ3n) is 4.02. The second kappa shape index (κ2) is 9.46. The molecule has 0 aliphatic rings. The summed E-state index contributed by atoms with van der Waals surface area (Å²) in [6.45, 7) is 7.42. The topological polar surface area (TPSA) is 95.5 Å². The Kier molecular flexibility index (Phi) is 7.96. The molecule has 0 aliphatic heterocycles. The number of carbonyl (C=O) groups excluding carboxylic acids is 2. The van der Waals surface area contributed by atoms with Crippen molar-refractivity contribution in [1.29, 1.82) is 0 Å². The molecule has 2 amide bonds. The van der Waals surface area contributed by atoms with Gasteiger partial charge in [-0.1, -0.05) is 31.5 Å². The zero-order valence-electron chi connectivity index (χ0n) is 15.1. The zero-order valence-corrected chi connectivity index (χ0v) is 15.9. The summed E-state index contributed by atoms with van der Waals surface area (Å²) in [7, 11) is 0. The van der Waals surface area contributed by atoms with Crippen LogP contribution in [0.15, 0.2) is 24.3 Å². The molecule has 138 valence electrons. The van der Waals surface area contributed by atoms with Crippen LogP contribution in [0.2, 0.25) is 0 Å². The number of rotatable bonds is 9. The molecule has 1 rings (SSSR count). The number of carboxylic acids is 1. The predicted molar refractivity (Wildman–Crippen MR) is 101 cm³/mol. The minimum absolute atomic E-state index is 0.0256. The number of carbonyl (C=O) groups is 3. The van der Waals surface area contributed by atoms with Crippen molar-refractivity contribution in [3.05, 3.63) is 29.8 Å². The molecule has 6 nitrogen and oxygen atoms in total. The van der Waals surface area contributed by atoms with Gasteiger partial charge in [0.1, 0.15) is 0 Å². The number of nitrogens with one attached hydrogen (secondary N) is 2. The fraction of sp³-hybridized carbons (Fsp3) is 0.500. The van der Waals surface area contributed by atoms with Crippen molar-refractivity contribution >= 4 is 35.2 Å². The lowest BCUT2D eigenvalue weighted by Crippen LogP contribution is -2.51. The molecular weight excluding hydrogens is 340 g/mol. The molecule has 0 spiro atoms. The molecule has 0 saturated heterocycles. The van der Waals surface area contributed by atoms with Crippen LogP contribution >= 0.6 is 11.8 Å². The van der Waals surface area contributed by atoms with Gasteiger partial charge in [-0.15, -0.1) is 11.8 Å². The highest BCUT2D eigenvalue weighted by Gasteiger charge is 2.32. The summed E-state index contributed by atoms with van der Waals surface area (Å²) in [6.07, 6.45) is -0.144. The molecule has 0 heterocycles. The molecule has 1 unspecified atom stereocenters.